The molecule has 0 aliphatic heterocycles. The van der Waals surface area contributed by atoms with Crippen molar-refractivity contribution in [2.24, 2.45) is 5.41 Å². The summed E-state index contributed by atoms with van der Waals surface area (Å²) in [5, 5.41) is 0. The molecule has 1 rings (SSSR count). The van der Waals surface area contributed by atoms with Crippen molar-refractivity contribution < 1.29 is 13.2 Å². The summed E-state index contributed by atoms with van der Waals surface area (Å²) in [5.41, 5.74) is 0.315. The topological polar surface area (TPSA) is 63.2 Å². The Kier molecular flexibility index (Phi) is 4.29. The van der Waals surface area contributed by atoms with Crippen molar-refractivity contribution in [1.29, 1.82) is 0 Å². The SMILES string of the molecule is Cc1cccc(S(=O)(=O)NCC(=O)C(C)(C)C)c1. The lowest BCUT2D eigenvalue weighted by Crippen LogP contribution is -2.35. The van der Waals surface area contributed by atoms with Gasteiger partial charge in [-0.3, -0.25) is 4.79 Å². The second-order valence-electron chi connectivity index (χ2n) is 5.31. The van der Waals surface area contributed by atoms with E-state index >= 15 is 0 Å². The van der Waals surface area contributed by atoms with E-state index in [2.05, 4.69) is 4.72 Å². The molecule has 0 radical (unpaired) electrons. The fourth-order valence-electron chi connectivity index (χ4n) is 1.29. The van der Waals surface area contributed by atoms with Crippen LogP contribution in [0.1, 0.15) is 26.3 Å². The molecule has 1 aromatic rings. The lowest BCUT2D eigenvalue weighted by atomic mass is 9.91. The summed E-state index contributed by atoms with van der Waals surface area (Å²) in [5.74, 6) is -0.140. The van der Waals surface area contributed by atoms with Crippen LogP contribution in [0, 0.1) is 12.3 Å². The Bertz CT molecular complexity index is 542. The molecular formula is C13H19NO3S. The molecule has 0 aliphatic carbocycles. The maximum atomic E-state index is 12.0. The van der Waals surface area contributed by atoms with Gasteiger partial charge in [-0.1, -0.05) is 32.9 Å². The molecule has 0 fully saturated rings. The Hall–Kier alpha value is -1.20. The van der Waals surface area contributed by atoms with Crippen molar-refractivity contribution in [2.75, 3.05) is 6.54 Å². The summed E-state index contributed by atoms with van der Waals surface area (Å²) < 4.78 is 26.2. The van der Waals surface area contributed by atoms with Crippen molar-refractivity contribution >= 4 is 15.8 Å². The van der Waals surface area contributed by atoms with Crippen LogP contribution in [0.3, 0.4) is 0 Å². The van der Waals surface area contributed by atoms with Gasteiger partial charge >= 0.3 is 0 Å². The van der Waals surface area contributed by atoms with E-state index in [1.54, 1.807) is 32.9 Å². The molecule has 0 unspecified atom stereocenters. The fraction of sp³-hybridized carbons (Fsp3) is 0.462. The van der Waals surface area contributed by atoms with E-state index in [-0.39, 0.29) is 17.2 Å². The van der Waals surface area contributed by atoms with Crippen LogP contribution in [-0.4, -0.2) is 20.7 Å². The Balaban J connectivity index is 2.81. The third-order valence-corrected chi connectivity index (χ3v) is 3.96. The van der Waals surface area contributed by atoms with Crippen LogP contribution in [0.2, 0.25) is 0 Å². The van der Waals surface area contributed by atoms with Crippen molar-refractivity contribution in [2.45, 2.75) is 32.6 Å². The van der Waals surface area contributed by atoms with Gasteiger partial charge in [0, 0.05) is 5.41 Å². The van der Waals surface area contributed by atoms with Crippen LogP contribution in [-0.2, 0) is 14.8 Å². The van der Waals surface area contributed by atoms with Crippen molar-refractivity contribution in [3.8, 4) is 0 Å². The molecule has 0 atom stereocenters. The first-order valence-corrected chi connectivity index (χ1v) is 7.21. The molecule has 0 saturated carbocycles. The van der Waals surface area contributed by atoms with Crippen molar-refractivity contribution in [1.82, 2.24) is 4.72 Å². The first-order chi connectivity index (χ1) is 8.13. The molecule has 0 amide bonds. The minimum atomic E-state index is -3.61. The summed E-state index contributed by atoms with van der Waals surface area (Å²) in [6.45, 7) is 6.92. The number of carbonyl (C=O) groups excluding carboxylic acids is 1. The van der Waals surface area contributed by atoms with Gasteiger partial charge < -0.3 is 0 Å². The van der Waals surface area contributed by atoms with Gasteiger partial charge in [0.15, 0.2) is 5.78 Å². The summed E-state index contributed by atoms with van der Waals surface area (Å²) >= 11 is 0. The molecule has 1 aromatic carbocycles. The zero-order valence-corrected chi connectivity index (χ0v) is 12.0. The highest BCUT2D eigenvalue weighted by molar-refractivity contribution is 7.89. The normalized spacial score (nSPS) is 12.4. The molecule has 1 N–H and O–H groups in total. The lowest BCUT2D eigenvalue weighted by molar-refractivity contribution is -0.125. The van der Waals surface area contributed by atoms with Crippen LogP contribution in [0.4, 0.5) is 0 Å². The van der Waals surface area contributed by atoms with Crippen LogP contribution < -0.4 is 4.72 Å². The van der Waals surface area contributed by atoms with Gasteiger partial charge in [-0.25, -0.2) is 13.1 Å². The molecule has 0 aromatic heterocycles. The largest absolute Gasteiger partial charge is 0.298 e. The summed E-state index contributed by atoms with van der Waals surface area (Å²) in [4.78, 5) is 11.9. The minimum Gasteiger partial charge on any atom is -0.298 e. The minimum absolute atomic E-state index is 0.140. The van der Waals surface area contributed by atoms with E-state index in [0.29, 0.717) is 0 Å². The molecule has 0 bridgehead atoms. The first-order valence-electron chi connectivity index (χ1n) is 5.72. The van der Waals surface area contributed by atoms with Crippen LogP contribution in [0.15, 0.2) is 29.2 Å². The van der Waals surface area contributed by atoms with Gasteiger partial charge in [0.1, 0.15) is 0 Å². The van der Waals surface area contributed by atoms with Gasteiger partial charge in [0.05, 0.1) is 11.4 Å². The molecule has 0 heterocycles. The standard InChI is InChI=1S/C13H19NO3S/c1-10-6-5-7-11(8-10)18(16,17)14-9-12(15)13(2,3)4/h5-8,14H,9H2,1-4H3. The Morgan fingerprint density at radius 3 is 2.39 bits per heavy atom. The highest BCUT2D eigenvalue weighted by atomic mass is 32.2. The third-order valence-electron chi connectivity index (χ3n) is 2.56. The van der Waals surface area contributed by atoms with E-state index in [9.17, 15) is 13.2 Å². The number of Topliss-reactive ketones (excluding diaryl/α,β-unsaturated/α-hetero) is 1. The van der Waals surface area contributed by atoms with Crippen LogP contribution in [0.5, 0.6) is 0 Å². The van der Waals surface area contributed by atoms with Crippen LogP contribution in [0.25, 0.3) is 0 Å². The molecule has 5 heteroatoms. The number of hydrogen-bond acceptors (Lipinski definition) is 3. The highest BCUT2D eigenvalue weighted by Gasteiger charge is 2.23. The molecule has 4 nitrogen and oxygen atoms in total. The Labute approximate surface area is 108 Å². The number of nitrogens with one attached hydrogen (secondary N) is 1. The lowest BCUT2D eigenvalue weighted by Gasteiger charge is -2.16. The Morgan fingerprint density at radius 1 is 1.28 bits per heavy atom. The molecule has 0 saturated heterocycles. The number of benzene rings is 1. The molecular weight excluding hydrogens is 250 g/mol. The van der Waals surface area contributed by atoms with Crippen molar-refractivity contribution in [3.63, 3.8) is 0 Å². The molecule has 100 valence electrons. The maximum Gasteiger partial charge on any atom is 0.240 e. The van der Waals surface area contributed by atoms with E-state index in [4.69, 9.17) is 0 Å². The maximum absolute atomic E-state index is 12.0. The van der Waals surface area contributed by atoms with E-state index < -0.39 is 15.4 Å². The summed E-state index contributed by atoms with van der Waals surface area (Å²) in [7, 11) is -3.61. The zero-order valence-electron chi connectivity index (χ0n) is 11.1. The van der Waals surface area contributed by atoms with Gasteiger partial charge in [0.25, 0.3) is 0 Å². The first kappa shape index (κ1) is 14.9. The highest BCUT2D eigenvalue weighted by Crippen LogP contribution is 2.15. The van der Waals surface area contributed by atoms with Gasteiger partial charge in [-0.05, 0) is 24.6 Å². The third kappa shape index (κ3) is 3.92. The predicted molar refractivity (Wildman–Crippen MR) is 70.8 cm³/mol. The average Bonchev–Trinajstić information content (AvgIpc) is 2.24. The van der Waals surface area contributed by atoms with E-state index in [1.807, 2.05) is 13.0 Å². The number of rotatable bonds is 4. The predicted octanol–water partition coefficient (Wildman–Crippen LogP) is 1.89. The molecule has 0 spiro atoms. The fourth-order valence-corrected chi connectivity index (χ4v) is 2.38. The quantitative estimate of drug-likeness (QED) is 0.908. The smallest absolute Gasteiger partial charge is 0.240 e. The van der Waals surface area contributed by atoms with E-state index in [1.165, 1.54) is 6.07 Å². The Morgan fingerprint density at radius 2 is 1.89 bits per heavy atom. The average molecular weight is 269 g/mol. The van der Waals surface area contributed by atoms with Gasteiger partial charge in [-0.2, -0.15) is 0 Å². The number of ketones is 1. The summed E-state index contributed by atoms with van der Waals surface area (Å²) in [6.07, 6.45) is 0. The van der Waals surface area contributed by atoms with Gasteiger partial charge in [0.2, 0.25) is 10.0 Å². The number of carbonyl (C=O) groups is 1. The second kappa shape index (κ2) is 5.20. The number of sulfonamides is 1. The number of hydrogen-bond donors (Lipinski definition) is 1. The molecule has 0 aliphatic rings. The monoisotopic (exact) mass is 269 g/mol. The van der Waals surface area contributed by atoms with E-state index in [0.717, 1.165) is 5.56 Å². The van der Waals surface area contributed by atoms with Crippen molar-refractivity contribution in [3.05, 3.63) is 29.8 Å². The summed E-state index contributed by atoms with van der Waals surface area (Å²) in [6, 6.07) is 6.58. The zero-order chi connectivity index (χ0) is 14.0. The van der Waals surface area contributed by atoms with Crippen LogP contribution >= 0.6 is 0 Å². The molecule has 18 heavy (non-hydrogen) atoms. The second-order valence-corrected chi connectivity index (χ2v) is 7.08. The number of aryl methyl sites for hydroxylation is 1. The van der Waals surface area contributed by atoms with Gasteiger partial charge in [-0.15, -0.1) is 0 Å².